The molecule has 0 spiro atoms. The summed E-state index contributed by atoms with van der Waals surface area (Å²) in [4.78, 5) is 0. The van der Waals surface area contributed by atoms with Crippen molar-refractivity contribution in [2.75, 3.05) is 13.1 Å². The second-order valence-corrected chi connectivity index (χ2v) is 6.63. The maximum absolute atomic E-state index is 3.73. The number of nitrogens with one attached hydrogen (secondary N) is 1. The lowest BCUT2D eigenvalue weighted by Crippen LogP contribution is -2.28. The molecule has 2 aliphatic rings. The minimum Gasteiger partial charge on any atom is -0.316 e. The van der Waals surface area contributed by atoms with Gasteiger partial charge in [0.05, 0.1) is 0 Å². The molecule has 1 N–H and O–H groups in total. The molecule has 1 heteroatoms. The molecular formula is C17H33N. The van der Waals surface area contributed by atoms with E-state index in [-0.39, 0.29) is 0 Å². The number of hydrogen-bond donors (Lipinski definition) is 1. The van der Waals surface area contributed by atoms with Gasteiger partial charge in [0.1, 0.15) is 0 Å². The fraction of sp³-hybridized carbons (Fsp3) is 1.00. The highest BCUT2D eigenvalue weighted by Crippen LogP contribution is 2.31. The first-order valence-corrected chi connectivity index (χ1v) is 8.67. The van der Waals surface area contributed by atoms with Crippen molar-refractivity contribution >= 4 is 0 Å². The van der Waals surface area contributed by atoms with Crippen molar-refractivity contribution in [3.05, 3.63) is 0 Å². The lowest BCUT2D eigenvalue weighted by atomic mass is 9.81. The molecule has 0 aromatic rings. The van der Waals surface area contributed by atoms with E-state index in [1.807, 2.05) is 0 Å². The lowest BCUT2D eigenvalue weighted by Gasteiger charge is -2.27. The number of hydrogen-bond acceptors (Lipinski definition) is 1. The van der Waals surface area contributed by atoms with E-state index in [9.17, 15) is 0 Å². The summed E-state index contributed by atoms with van der Waals surface area (Å²) in [5, 5.41) is 3.73. The summed E-state index contributed by atoms with van der Waals surface area (Å²) < 4.78 is 0. The van der Waals surface area contributed by atoms with Crippen LogP contribution in [0.2, 0.25) is 0 Å². The van der Waals surface area contributed by atoms with Gasteiger partial charge in [-0.25, -0.2) is 0 Å². The van der Waals surface area contributed by atoms with Gasteiger partial charge >= 0.3 is 0 Å². The standard InChI is InChI=1S/C17H33N/c1-2-4-8-12-16(11-7-3-1)17-13-9-5-6-10-14-18-15-17/h16-18H,1-15H2. The van der Waals surface area contributed by atoms with Gasteiger partial charge in [-0.3, -0.25) is 0 Å². The molecule has 1 saturated heterocycles. The molecule has 2 rings (SSSR count). The molecule has 1 heterocycles. The maximum Gasteiger partial charge on any atom is -0.00179 e. The van der Waals surface area contributed by atoms with Gasteiger partial charge < -0.3 is 5.32 Å². The van der Waals surface area contributed by atoms with Gasteiger partial charge in [-0.1, -0.05) is 70.6 Å². The van der Waals surface area contributed by atoms with Gasteiger partial charge in [0.15, 0.2) is 0 Å². The van der Waals surface area contributed by atoms with Gasteiger partial charge in [-0.05, 0) is 37.8 Å². The molecule has 106 valence electrons. The fourth-order valence-corrected chi connectivity index (χ4v) is 3.94. The molecule has 1 nitrogen and oxygen atoms in total. The normalized spacial score (nSPS) is 30.3. The van der Waals surface area contributed by atoms with E-state index < -0.39 is 0 Å². The minimum atomic E-state index is 0.987. The Morgan fingerprint density at radius 2 is 1.00 bits per heavy atom. The highest BCUT2D eigenvalue weighted by atomic mass is 14.9. The molecule has 0 bridgehead atoms. The molecule has 1 unspecified atom stereocenters. The summed E-state index contributed by atoms with van der Waals surface area (Å²) in [6.45, 7) is 2.58. The van der Waals surface area contributed by atoms with Crippen LogP contribution in [0.3, 0.4) is 0 Å². The molecule has 2 fully saturated rings. The average Bonchev–Trinajstić information content (AvgIpc) is 2.61. The Morgan fingerprint density at radius 3 is 1.67 bits per heavy atom. The van der Waals surface area contributed by atoms with Crippen molar-refractivity contribution in [2.45, 2.75) is 83.5 Å². The van der Waals surface area contributed by atoms with E-state index >= 15 is 0 Å². The van der Waals surface area contributed by atoms with E-state index in [2.05, 4.69) is 5.32 Å². The van der Waals surface area contributed by atoms with Crippen LogP contribution < -0.4 is 5.32 Å². The van der Waals surface area contributed by atoms with Crippen LogP contribution in [0.4, 0.5) is 0 Å². The van der Waals surface area contributed by atoms with Gasteiger partial charge in [-0.15, -0.1) is 0 Å². The SMILES string of the molecule is C1CCCCC(C2CCCCCCNC2)CCC1. The Labute approximate surface area is 114 Å². The Bertz CT molecular complexity index is 160. The number of rotatable bonds is 1. The van der Waals surface area contributed by atoms with Crippen LogP contribution in [0, 0.1) is 11.8 Å². The van der Waals surface area contributed by atoms with Crippen molar-refractivity contribution in [2.24, 2.45) is 11.8 Å². The summed E-state index contributed by atoms with van der Waals surface area (Å²) in [6, 6.07) is 0. The summed E-state index contributed by atoms with van der Waals surface area (Å²) in [5.74, 6) is 2.02. The largest absolute Gasteiger partial charge is 0.316 e. The van der Waals surface area contributed by atoms with Crippen molar-refractivity contribution in [1.82, 2.24) is 5.32 Å². The van der Waals surface area contributed by atoms with Crippen LogP contribution >= 0.6 is 0 Å². The first kappa shape index (κ1) is 14.4. The van der Waals surface area contributed by atoms with Crippen molar-refractivity contribution < 1.29 is 0 Å². The molecule has 1 aliphatic heterocycles. The van der Waals surface area contributed by atoms with Crippen LogP contribution in [0.1, 0.15) is 83.5 Å². The Balaban J connectivity index is 1.83. The van der Waals surface area contributed by atoms with E-state index in [0.29, 0.717) is 0 Å². The van der Waals surface area contributed by atoms with Crippen LogP contribution in [0.25, 0.3) is 0 Å². The fourth-order valence-electron chi connectivity index (χ4n) is 3.94. The topological polar surface area (TPSA) is 12.0 Å². The predicted molar refractivity (Wildman–Crippen MR) is 79.9 cm³/mol. The highest BCUT2D eigenvalue weighted by Gasteiger charge is 2.21. The van der Waals surface area contributed by atoms with Crippen LogP contribution in [-0.2, 0) is 0 Å². The third-order valence-corrected chi connectivity index (χ3v) is 5.15. The Morgan fingerprint density at radius 1 is 0.500 bits per heavy atom. The summed E-state index contributed by atoms with van der Waals surface area (Å²) in [7, 11) is 0. The summed E-state index contributed by atoms with van der Waals surface area (Å²) >= 11 is 0. The van der Waals surface area contributed by atoms with Crippen LogP contribution in [0.15, 0.2) is 0 Å². The first-order valence-electron chi connectivity index (χ1n) is 8.67. The quantitative estimate of drug-likeness (QED) is 0.698. The van der Waals surface area contributed by atoms with E-state index in [0.717, 1.165) is 11.8 Å². The molecule has 0 amide bonds. The molecule has 1 aliphatic carbocycles. The van der Waals surface area contributed by atoms with Crippen LogP contribution in [-0.4, -0.2) is 13.1 Å². The zero-order valence-electron chi connectivity index (χ0n) is 12.3. The second-order valence-electron chi connectivity index (χ2n) is 6.63. The highest BCUT2D eigenvalue weighted by molar-refractivity contribution is 4.75. The third kappa shape index (κ3) is 5.30. The van der Waals surface area contributed by atoms with Crippen molar-refractivity contribution in [1.29, 1.82) is 0 Å². The monoisotopic (exact) mass is 251 g/mol. The van der Waals surface area contributed by atoms with E-state index in [4.69, 9.17) is 0 Å². The zero-order valence-corrected chi connectivity index (χ0v) is 12.3. The predicted octanol–water partition coefficient (Wildman–Crippen LogP) is 4.91. The molecule has 1 atom stereocenters. The van der Waals surface area contributed by atoms with Crippen molar-refractivity contribution in [3.63, 3.8) is 0 Å². The second kappa shape index (κ2) is 8.96. The molecular weight excluding hydrogens is 218 g/mol. The van der Waals surface area contributed by atoms with Gasteiger partial charge in [0.2, 0.25) is 0 Å². The van der Waals surface area contributed by atoms with Crippen molar-refractivity contribution in [3.8, 4) is 0 Å². The average molecular weight is 251 g/mol. The molecule has 18 heavy (non-hydrogen) atoms. The molecule has 1 saturated carbocycles. The van der Waals surface area contributed by atoms with E-state index in [1.165, 1.54) is 96.6 Å². The first-order chi connectivity index (χ1) is 8.97. The Kier molecular flexibility index (Phi) is 7.15. The minimum absolute atomic E-state index is 0.987. The third-order valence-electron chi connectivity index (χ3n) is 5.15. The summed E-state index contributed by atoms with van der Waals surface area (Å²) in [5.41, 5.74) is 0. The van der Waals surface area contributed by atoms with Gasteiger partial charge in [0, 0.05) is 0 Å². The lowest BCUT2D eigenvalue weighted by molar-refractivity contribution is 0.258. The van der Waals surface area contributed by atoms with Gasteiger partial charge in [0.25, 0.3) is 0 Å². The van der Waals surface area contributed by atoms with Gasteiger partial charge in [-0.2, -0.15) is 0 Å². The molecule has 0 aromatic carbocycles. The smallest absolute Gasteiger partial charge is 0.00179 e. The van der Waals surface area contributed by atoms with Crippen LogP contribution in [0.5, 0.6) is 0 Å². The maximum atomic E-state index is 3.73. The molecule has 0 radical (unpaired) electrons. The molecule has 0 aromatic heterocycles. The zero-order chi connectivity index (χ0) is 12.5. The Hall–Kier alpha value is -0.0400. The van der Waals surface area contributed by atoms with E-state index in [1.54, 1.807) is 0 Å². The summed E-state index contributed by atoms with van der Waals surface area (Å²) in [6.07, 6.45) is 19.3.